The Labute approximate surface area is 111 Å². The fraction of sp³-hybridized carbons (Fsp3) is 0.385. The lowest BCUT2D eigenvalue weighted by Gasteiger charge is -2.10. The molecule has 0 spiro atoms. The van der Waals surface area contributed by atoms with Crippen LogP contribution < -0.4 is 0 Å². The number of aliphatic hydroxyl groups is 1. The number of benzene rings is 1. The number of aromatic nitrogens is 1. The molecule has 1 aromatic heterocycles. The highest BCUT2D eigenvalue weighted by molar-refractivity contribution is 6.37. The Hall–Kier alpha value is -0.700. The van der Waals surface area contributed by atoms with Gasteiger partial charge in [-0.2, -0.15) is 0 Å². The van der Waals surface area contributed by atoms with E-state index >= 15 is 0 Å². The topological polar surface area (TPSA) is 25.2 Å². The summed E-state index contributed by atoms with van der Waals surface area (Å²) in [5.41, 5.74) is 1.67. The standard InChI is InChI=1S/C13H15Cl2NO/c1-8(2)6-16-12-9(4-3-5-11(12)14)10(7-17)13(16)15/h3-5,8,17H,6-7H2,1-2H3. The summed E-state index contributed by atoms with van der Waals surface area (Å²) in [6.07, 6.45) is 0. The molecule has 0 aliphatic carbocycles. The zero-order valence-corrected chi connectivity index (χ0v) is 11.4. The van der Waals surface area contributed by atoms with Gasteiger partial charge in [-0.15, -0.1) is 0 Å². The fourth-order valence-corrected chi connectivity index (χ4v) is 2.68. The zero-order chi connectivity index (χ0) is 12.6. The van der Waals surface area contributed by atoms with Gasteiger partial charge in [0.1, 0.15) is 5.15 Å². The third-order valence-corrected chi connectivity index (χ3v) is 3.51. The van der Waals surface area contributed by atoms with Gasteiger partial charge < -0.3 is 9.67 Å². The summed E-state index contributed by atoms with van der Waals surface area (Å²) < 4.78 is 1.98. The maximum atomic E-state index is 9.41. The Morgan fingerprint density at radius 1 is 1.29 bits per heavy atom. The van der Waals surface area contributed by atoms with Gasteiger partial charge in [-0.05, 0) is 12.0 Å². The second-order valence-electron chi connectivity index (χ2n) is 4.57. The average Bonchev–Trinajstić information content (AvgIpc) is 2.52. The molecule has 92 valence electrons. The molecule has 17 heavy (non-hydrogen) atoms. The van der Waals surface area contributed by atoms with Crippen LogP contribution in [0.5, 0.6) is 0 Å². The largest absolute Gasteiger partial charge is 0.392 e. The second-order valence-corrected chi connectivity index (χ2v) is 5.33. The quantitative estimate of drug-likeness (QED) is 0.894. The Bertz CT molecular complexity index is 546. The Kier molecular flexibility index (Phi) is 3.67. The Balaban J connectivity index is 2.76. The Morgan fingerprint density at radius 3 is 2.59 bits per heavy atom. The van der Waals surface area contributed by atoms with E-state index in [1.165, 1.54) is 0 Å². The van der Waals surface area contributed by atoms with Crippen LogP contribution in [0.25, 0.3) is 10.9 Å². The van der Waals surface area contributed by atoms with Crippen LogP contribution in [-0.2, 0) is 13.2 Å². The zero-order valence-electron chi connectivity index (χ0n) is 9.87. The van der Waals surface area contributed by atoms with Crippen molar-refractivity contribution >= 4 is 34.1 Å². The lowest BCUT2D eigenvalue weighted by atomic mass is 10.2. The van der Waals surface area contributed by atoms with Crippen molar-refractivity contribution in [3.8, 4) is 0 Å². The summed E-state index contributed by atoms with van der Waals surface area (Å²) >= 11 is 12.5. The van der Waals surface area contributed by atoms with Crippen molar-refractivity contribution in [2.24, 2.45) is 5.92 Å². The third kappa shape index (κ3) is 2.17. The van der Waals surface area contributed by atoms with E-state index in [9.17, 15) is 5.11 Å². The first-order chi connectivity index (χ1) is 8.06. The summed E-state index contributed by atoms with van der Waals surface area (Å²) in [4.78, 5) is 0. The summed E-state index contributed by atoms with van der Waals surface area (Å²) in [6, 6.07) is 5.66. The van der Waals surface area contributed by atoms with Gasteiger partial charge in [0.2, 0.25) is 0 Å². The van der Waals surface area contributed by atoms with E-state index in [4.69, 9.17) is 23.2 Å². The van der Waals surface area contributed by atoms with E-state index in [0.717, 1.165) is 23.0 Å². The highest BCUT2D eigenvalue weighted by atomic mass is 35.5. The van der Waals surface area contributed by atoms with Gasteiger partial charge in [0.15, 0.2) is 0 Å². The minimum absolute atomic E-state index is 0.0687. The van der Waals surface area contributed by atoms with E-state index in [2.05, 4.69) is 13.8 Å². The molecule has 0 aliphatic rings. The maximum absolute atomic E-state index is 9.41. The first kappa shape index (κ1) is 12.7. The number of hydrogen-bond acceptors (Lipinski definition) is 1. The minimum atomic E-state index is -0.0687. The molecule has 4 heteroatoms. The second kappa shape index (κ2) is 4.89. The number of rotatable bonds is 3. The molecule has 0 radical (unpaired) electrons. The average molecular weight is 272 g/mol. The van der Waals surface area contributed by atoms with Gasteiger partial charge in [-0.25, -0.2) is 0 Å². The number of halogens is 2. The van der Waals surface area contributed by atoms with Gasteiger partial charge >= 0.3 is 0 Å². The van der Waals surface area contributed by atoms with E-state index in [1.54, 1.807) is 0 Å². The first-order valence-corrected chi connectivity index (χ1v) is 6.37. The lowest BCUT2D eigenvalue weighted by Crippen LogP contribution is -2.04. The molecule has 0 saturated heterocycles. The molecule has 0 amide bonds. The van der Waals surface area contributed by atoms with E-state index in [1.807, 2.05) is 22.8 Å². The molecule has 2 nitrogen and oxygen atoms in total. The molecule has 0 bridgehead atoms. The van der Waals surface area contributed by atoms with Crippen LogP contribution in [0.15, 0.2) is 18.2 Å². The number of nitrogens with zero attached hydrogens (tertiary/aromatic N) is 1. The molecule has 0 aliphatic heterocycles. The molecule has 1 heterocycles. The van der Waals surface area contributed by atoms with Crippen LogP contribution >= 0.6 is 23.2 Å². The van der Waals surface area contributed by atoms with E-state index in [-0.39, 0.29) is 6.61 Å². The monoisotopic (exact) mass is 271 g/mol. The highest BCUT2D eigenvalue weighted by Crippen LogP contribution is 2.34. The number of fused-ring (bicyclic) bond motifs is 1. The van der Waals surface area contributed by atoms with Gasteiger partial charge in [0.05, 0.1) is 17.1 Å². The van der Waals surface area contributed by atoms with Gasteiger partial charge in [0, 0.05) is 17.5 Å². The lowest BCUT2D eigenvalue weighted by molar-refractivity contribution is 0.283. The molecule has 2 aromatic rings. The van der Waals surface area contributed by atoms with Crippen LogP contribution in [0.1, 0.15) is 19.4 Å². The van der Waals surface area contributed by atoms with Crippen LogP contribution in [0.4, 0.5) is 0 Å². The SMILES string of the molecule is CC(C)Cn1c(Cl)c(CO)c2cccc(Cl)c21. The van der Waals surface area contributed by atoms with Crippen molar-refractivity contribution in [1.29, 1.82) is 0 Å². The van der Waals surface area contributed by atoms with Crippen molar-refractivity contribution < 1.29 is 5.11 Å². The van der Waals surface area contributed by atoms with E-state index < -0.39 is 0 Å². The molecule has 1 N–H and O–H groups in total. The number of para-hydroxylation sites is 1. The number of aliphatic hydroxyl groups excluding tert-OH is 1. The van der Waals surface area contributed by atoms with Gasteiger partial charge in [0.25, 0.3) is 0 Å². The summed E-state index contributed by atoms with van der Waals surface area (Å²) in [6.45, 7) is 4.97. The maximum Gasteiger partial charge on any atom is 0.115 e. The molecular weight excluding hydrogens is 257 g/mol. The van der Waals surface area contributed by atoms with Crippen molar-refractivity contribution in [2.75, 3.05) is 0 Å². The normalized spacial score (nSPS) is 11.6. The van der Waals surface area contributed by atoms with Crippen LogP contribution in [0, 0.1) is 5.92 Å². The summed E-state index contributed by atoms with van der Waals surface area (Å²) in [5, 5.41) is 11.6. The first-order valence-electron chi connectivity index (χ1n) is 5.62. The molecule has 1 aromatic carbocycles. The summed E-state index contributed by atoms with van der Waals surface area (Å²) in [7, 11) is 0. The van der Waals surface area contributed by atoms with Crippen LogP contribution in [0.2, 0.25) is 10.2 Å². The number of hydrogen-bond donors (Lipinski definition) is 1. The van der Waals surface area contributed by atoms with E-state index in [0.29, 0.717) is 16.1 Å². The third-order valence-electron chi connectivity index (χ3n) is 2.77. The van der Waals surface area contributed by atoms with Crippen molar-refractivity contribution in [3.05, 3.63) is 33.9 Å². The van der Waals surface area contributed by atoms with Gasteiger partial charge in [-0.1, -0.05) is 49.2 Å². The van der Waals surface area contributed by atoms with Crippen LogP contribution in [-0.4, -0.2) is 9.67 Å². The smallest absolute Gasteiger partial charge is 0.115 e. The predicted octanol–water partition coefficient (Wildman–Crippen LogP) is 4.10. The predicted molar refractivity (Wildman–Crippen MR) is 72.7 cm³/mol. The highest BCUT2D eigenvalue weighted by Gasteiger charge is 2.17. The Morgan fingerprint density at radius 2 is 2.00 bits per heavy atom. The molecule has 0 saturated carbocycles. The fourth-order valence-electron chi connectivity index (χ4n) is 2.09. The molecular formula is C13H15Cl2NO. The van der Waals surface area contributed by atoms with Crippen molar-refractivity contribution in [1.82, 2.24) is 4.57 Å². The van der Waals surface area contributed by atoms with Crippen LogP contribution in [0.3, 0.4) is 0 Å². The van der Waals surface area contributed by atoms with Gasteiger partial charge in [-0.3, -0.25) is 0 Å². The minimum Gasteiger partial charge on any atom is -0.392 e. The molecule has 0 fully saturated rings. The summed E-state index contributed by atoms with van der Waals surface area (Å²) in [5.74, 6) is 0.464. The molecule has 0 atom stereocenters. The van der Waals surface area contributed by atoms with Crippen molar-refractivity contribution in [2.45, 2.75) is 27.0 Å². The molecule has 2 rings (SSSR count). The van der Waals surface area contributed by atoms with Crippen molar-refractivity contribution in [3.63, 3.8) is 0 Å². The molecule has 0 unspecified atom stereocenters.